The number of hydrogen-bond donors (Lipinski definition) is 2. The molecule has 0 amide bonds. The van der Waals surface area contributed by atoms with Crippen molar-refractivity contribution in [3.8, 4) is 5.75 Å². The normalized spacial score (nSPS) is 15.5. The lowest BCUT2D eigenvalue weighted by Crippen LogP contribution is -2.39. The fourth-order valence-electron chi connectivity index (χ4n) is 2.01. The Morgan fingerprint density at radius 3 is 2.81 bits per heavy atom. The first-order valence-electron chi connectivity index (χ1n) is 6.84. The summed E-state index contributed by atoms with van der Waals surface area (Å²) in [6.45, 7) is 1.97. The predicted octanol–water partition coefficient (Wildman–Crippen LogP) is 1.88. The Bertz CT molecular complexity index is 542. The number of carbonyl (C=O) groups is 1. The van der Waals surface area contributed by atoms with Crippen LogP contribution in [0.1, 0.15) is 24.8 Å². The Morgan fingerprint density at radius 1 is 1.57 bits per heavy atom. The number of rotatable bonds is 8. The number of hydrogen-bond acceptors (Lipinski definition) is 5. The third-order valence-electron chi connectivity index (χ3n) is 3.35. The molecule has 1 saturated carbocycles. The van der Waals surface area contributed by atoms with Gasteiger partial charge in [-0.15, -0.1) is 0 Å². The molecule has 114 valence electrons. The second-order valence-electron chi connectivity index (χ2n) is 5.18. The van der Waals surface area contributed by atoms with Crippen molar-refractivity contribution in [2.75, 3.05) is 6.61 Å². The average Bonchev–Trinajstić information content (AvgIpc) is 3.22. The topological polar surface area (TPSA) is 102 Å². The highest BCUT2D eigenvalue weighted by molar-refractivity contribution is 5.73. The molecule has 0 aliphatic heterocycles. The van der Waals surface area contributed by atoms with E-state index in [2.05, 4.69) is 5.32 Å². The van der Waals surface area contributed by atoms with Gasteiger partial charge in [-0.3, -0.25) is 14.9 Å². The molecule has 0 spiro atoms. The van der Waals surface area contributed by atoms with Gasteiger partial charge in [0.1, 0.15) is 11.8 Å². The number of nitrogens with zero attached hydrogens (tertiary/aromatic N) is 1. The van der Waals surface area contributed by atoms with E-state index in [4.69, 9.17) is 9.84 Å². The van der Waals surface area contributed by atoms with Crippen molar-refractivity contribution in [2.24, 2.45) is 0 Å². The molecule has 7 nitrogen and oxygen atoms in total. The van der Waals surface area contributed by atoms with Gasteiger partial charge >= 0.3 is 5.97 Å². The van der Waals surface area contributed by atoms with Crippen molar-refractivity contribution in [3.63, 3.8) is 0 Å². The van der Waals surface area contributed by atoms with Crippen LogP contribution in [-0.2, 0) is 4.79 Å². The summed E-state index contributed by atoms with van der Waals surface area (Å²) in [7, 11) is 0. The second-order valence-corrected chi connectivity index (χ2v) is 5.18. The Hall–Kier alpha value is -2.15. The summed E-state index contributed by atoms with van der Waals surface area (Å²) in [5, 5.41) is 22.8. The lowest BCUT2D eigenvalue weighted by Gasteiger charge is -2.15. The highest BCUT2D eigenvalue weighted by Gasteiger charge is 2.28. The van der Waals surface area contributed by atoms with Crippen LogP contribution in [0.3, 0.4) is 0 Å². The largest absolute Gasteiger partial charge is 0.493 e. The molecule has 1 aliphatic carbocycles. The number of carboxylic acids is 1. The van der Waals surface area contributed by atoms with Crippen LogP contribution in [0.5, 0.6) is 5.75 Å². The maximum Gasteiger partial charge on any atom is 0.320 e. The maximum atomic E-state index is 11.1. The van der Waals surface area contributed by atoms with Gasteiger partial charge in [-0.05, 0) is 31.4 Å². The molecule has 1 aliphatic rings. The van der Waals surface area contributed by atoms with E-state index >= 15 is 0 Å². The van der Waals surface area contributed by atoms with Gasteiger partial charge < -0.3 is 15.2 Å². The molecule has 1 aromatic carbocycles. The number of nitro benzene ring substituents is 1. The van der Waals surface area contributed by atoms with Gasteiger partial charge in [0.15, 0.2) is 0 Å². The number of non-ortho nitro benzene ring substituents is 1. The molecule has 21 heavy (non-hydrogen) atoms. The van der Waals surface area contributed by atoms with Crippen molar-refractivity contribution in [3.05, 3.63) is 33.9 Å². The van der Waals surface area contributed by atoms with Gasteiger partial charge in [-0.25, -0.2) is 0 Å². The molecule has 0 aromatic heterocycles. The van der Waals surface area contributed by atoms with Gasteiger partial charge in [-0.1, -0.05) is 0 Å². The maximum absolute atomic E-state index is 11.1. The van der Waals surface area contributed by atoms with Crippen LogP contribution in [0.2, 0.25) is 0 Å². The average molecular weight is 294 g/mol. The van der Waals surface area contributed by atoms with Gasteiger partial charge in [0.05, 0.1) is 11.5 Å². The summed E-state index contributed by atoms with van der Waals surface area (Å²) in [6.07, 6.45) is 2.39. The van der Waals surface area contributed by atoms with Crippen LogP contribution in [0.15, 0.2) is 18.2 Å². The Morgan fingerprint density at radius 2 is 2.29 bits per heavy atom. The minimum Gasteiger partial charge on any atom is -0.493 e. The summed E-state index contributed by atoms with van der Waals surface area (Å²) >= 11 is 0. The molecule has 0 heterocycles. The van der Waals surface area contributed by atoms with Crippen LogP contribution >= 0.6 is 0 Å². The number of carboxylic acid groups (broad SMARTS) is 1. The van der Waals surface area contributed by atoms with Gasteiger partial charge in [-0.2, -0.15) is 0 Å². The summed E-state index contributed by atoms with van der Waals surface area (Å²) in [5.41, 5.74) is 0.671. The summed E-state index contributed by atoms with van der Waals surface area (Å²) in [5.74, 6) is -0.345. The highest BCUT2D eigenvalue weighted by atomic mass is 16.6. The molecule has 0 bridgehead atoms. The molecule has 1 unspecified atom stereocenters. The minimum atomic E-state index is -0.883. The first kappa shape index (κ1) is 15.2. The minimum absolute atomic E-state index is 0.0127. The molecule has 1 aromatic rings. The number of aryl methyl sites for hydroxylation is 1. The summed E-state index contributed by atoms with van der Waals surface area (Å²) in [6, 6.07) is 4.05. The highest BCUT2D eigenvalue weighted by Crippen LogP contribution is 2.24. The second kappa shape index (κ2) is 6.53. The van der Waals surface area contributed by atoms with E-state index in [9.17, 15) is 14.9 Å². The quantitative estimate of drug-likeness (QED) is 0.560. The third-order valence-corrected chi connectivity index (χ3v) is 3.35. The zero-order valence-electron chi connectivity index (χ0n) is 11.7. The Balaban J connectivity index is 1.87. The Kier molecular flexibility index (Phi) is 4.74. The SMILES string of the molecule is Cc1cc([N+](=O)[O-])ccc1OCCC(NC1CC1)C(=O)O. The number of aliphatic carboxylic acids is 1. The fourth-order valence-corrected chi connectivity index (χ4v) is 2.01. The van der Waals surface area contributed by atoms with E-state index in [-0.39, 0.29) is 12.3 Å². The molecular weight excluding hydrogens is 276 g/mol. The van der Waals surface area contributed by atoms with E-state index in [1.54, 1.807) is 6.92 Å². The zero-order chi connectivity index (χ0) is 15.4. The van der Waals surface area contributed by atoms with E-state index < -0.39 is 16.9 Å². The Labute approximate surface area is 122 Å². The van der Waals surface area contributed by atoms with Crippen LogP contribution < -0.4 is 10.1 Å². The molecule has 1 atom stereocenters. The van der Waals surface area contributed by atoms with Crippen molar-refractivity contribution < 1.29 is 19.6 Å². The molecular formula is C14H18N2O5. The number of nitrogens with one attached hydrogen (secondary N) is 1. The predicted molar refractivity (Wildman–Crippen MR) is 75.5 cm³/mol. The molecule has 2 rings (SSSR count). The smallest absolute Gasteiger partial charge is 0.320 e. The van der Waals surface area contributed by atoms with E-state index in [1.165, 1.54) is 18.2 Å². The first-order chi connectivity index (χ1) is 9.97. The van der Waals surface area contributed by atoms with E-state index in [1.807, 2.05) is 0 Å². The van der Waals surface area contributed by atoms with Crippen molar-refractivity contribution in [2.45, 2.75) is 38.3 Å². The molecule has 1 fully saturated rings. The third kappa shape index (κ3) is 4.42. The fraction of sp³-hybridized carbons (Fsp3) is 0.500. The van der Waals surface area contributed by atoms with Gasteiger partial charge in [0.2, 0.25) is 0 Å². The van der Waals surface area contributed by atoms with Crippen LogP contribution in [0, 0.1) is 17.0 Å². The van der Waals surface area contributed by atoms with Crippen LogP contribution in [0.4, 0.5) is 5.69 Å². The number of benzene rings is 1. The zero-order valence-corrected chi connectivity index (χ0v) is 11.7. The molecule has 7 heteroatoms. The standard InChI is InChI=1S/C14H18N2O5/c1-9-8-11(16(19)20)4-5-13(9)21-7-6-12(14(17)18)15-10-2-3-10/h4-5,8,10,12,15H,2-3,6-7H2,1H3,(H,17,18). The van der Waals surface area contributed by atoms with Crippen molar-refractivity contribution in [1.29, 1.82) is 0 Å². The van der Waals surface area contributed by atoms with Crippen LogP contribution in [-0.4, -0.2) is 34.7 Å². The molecule has 0 saturated heterocycles. The lowest BCUT2D eigenvalue weighted by atomic mass is 10.2. The number of nitro groups is 1. The van der Waals surface area contributed by atoms with Crippen LogP contribution in [0.25, 0.3) is 0 Å². The monoisotopic (exact) mass is 294 g/mol. The van der Waals surface area contributed by atoms with Gasteiger partial charge in [0, 0.05) is 24.6 Å². The summed E-state index contributed by atoms with van der Waals surface area (Å²) < 4.78 is 5.53. The van der Waals surface area contributed by atoms with Crippen molar-refractivity contribution >= 4 is 11.7 Å². The van der Waals surface area contributed by atoms with E-state index in [0.29, 0.717) is 23.8 Å². The molecule has 2 N–H and O–H groups in total. The first-order valence-corrected chi connectivity index (χ1v) is 6.84. The summed E-state index contributed by atoms with van der Waals surface area (Å²) in [4.78, 5) is 21.3. The van der Waals surface area contributed by atoms with Crippen molar-refractivity contribution in [1.82, 2.24) is 5.32 Å². The lowest BCUT2D eigenvalue weighted by molar-refractivity contribution is -0.384. The number of ether oxygens (including phenoxy) is 1. The van der Waals surface area contributed by atoms with E-state index in [0.717, 1.165) is 12.8 Å². The molecule has 0 radical (unpaired) electrons. The van der Waals surface area contributed by atoms with Gasteiger partial charge in [0.25, 0.3) is 5.69 Å².